The van der Waals surface area contributed by atoms with E-state index in [0.717, 1.165) is 37.1 Å². The van der Waals surface area contributed by atoms with Crippen molar-refractivity contribution in [3.8, 4) is 11.3 Å². The van der Waals surface area contributed by atoms with Gasteiger partial charge in [0.15, 0.2) is 0 Å². The number of aromatic nitrogens is 2. The molecule has 0 unspecified atom stereocenters. The van der Waals surface area contributed by atoms with Crippen LogP contribution in [-0.4, -0.2) is 28.0 Å². The minimum atomic E-state index is -4.37. The lowest BCUT2D eigenvalue weighted by Crippen LogP contribution is -2.47. The maximum atomic E-state index is 12.8. The van der Waals surface area contributed by atoms with Gasteiger partial charge in [-0.05, 0) is 44.4 Å². The number of aryl methyl sites for hydroxylation is 1. The van der Waals surface area contributed by atoms with E-state index in [0.29, 0.717) is 23.6 Å². The lowest BCUT2D eigenvalue weighted by molar-refractivity contribution is -0.137. The summed E-state index contributed by atoms with van der Waals surface area (Å²) in [5.74, 6) is 0.585. The summed E-state index contributed by atoms with van der Waals surface area (Å²) in [4.78, 5) is 21.2. The molecule has 5 nitrogen and oxygen atoms in total. The first-order valence-corrected chi connectivity index (χ1v) is 8.86. The maximum Gasteiger partial charge on any atom is 0.416 e. The van der Waals surface area contributed by atoms with Crippen molar-refractivity contribution in [2.24, 2.45) is 0 Å². The molecule has 2 aliphatic heterocycles. The summed E-state index contributed by atoms with van der Waals surface area (Å²) in [6.45, 7) is 2.48. The zero-order valence-electron chi connectivity index (χ0n) is 14.7. The molecule has 1 aromatic heterocycles. The Kier molecular flexibility index (Phi) is 4.18. The summed E-state index contributed by atoms with van der Waals surface area (Å²) in [6.07, 6.45) is -2.17. The SMILES string of the molecule is Cc1cc(-c2ccc(C(F)(F)F)cc2)nc([C@H]2CC[C@@]3(CCNC3=O)N2)n1. The molecule has 1 spiro atoms. The van der Waals surface area contributed by atoms with Gasteiger partial charge in [0, 0.05) is 17.8 Å². The third-order valence-electron chi connectivity index (χ3n) is 5.27. The lowest BCUT2D eigenvalue weighted by Gasteiger charge is -2.21. The van der Waals surface area contributed by atoms with Crippen LogP contribution in [0.5, 0.6) is 0 Å². The van der Waals surface area contributed by atoms with E-state index in [1.54, 1.807) is 6.07 Å². The molecule has 2 fully saturated rings. The summed E-state index contributed by atoms with van der Waals surface area (Å²) < 4.78 is 38.3. The van der Waals surface area contributed by atoms with Crippen LogP contribution in [0.25, 0.3) is 11.3 Å². The van der Waals surface area contributed by atoms with Gasteiger partial charge in [0.05, 0.1) is 17.3 Å². The van der Waals surface area contributed by atoms with Crippen molar-refractivity contribution in [2.75, 3.05) is 6.54 Å². The molecule has 2 atom stereocenters. The molecule has 142 valence electrons. The van der Waals surface area contributed by atoms with Crippen LogP contribution in [0.3, 0.4) is 0 Å². The predicted octanol–water partition coefficient (Wildman–Crippen LogP) is 3.15. The van der Waals surface area contributed by atoms with Gasteiger partial charge in [-0.1, -0.05) is 12.1 Å². The smallest absolute Gasteiger partial charge is 0.354 e. The second-order valence-electron chi connectivity index (χ2n) is 7.15. The number of alkyl halides is 3. The molecule has 2 aromatic rings. The average molecular weight is 376 g/mol. The van der Waals surface area contributed by atoms with Gasteiger partial charge < -0.3 is 5.32 Å². The van der Waals surface area contributed by atoms with Crippen LogP contribution in [0.2, 0.25) is 0 Å². The van der Waals surface area contributed by atoms with Crippen molar-refractivity contribution in [3.05, 3.63) is 47.4 Å². The standard InChI is InChI=1S/C19H19F3N4O/c1-11-10-15(12-2-4-13(5-3-12)19(20,21)22)25-16(24-11)14-6-7-18(26-14)8-9-23-17(18)27/h2-5,10,14,26H,6-9H2,1H3,(H,23,27)/t14-,18+/m1/s1. The maximum absolute atomic E-state index is 12.8. The van der Waals surface area contributed by atoms with Gasteiger partial charge in [-0.15, -0.1) is 0 Å². The molecular formula is C19H19F3N4O. The Bertz CT molecular complexity index is 882. The Morgan fingerprint density at radius 2 is 1.89 bits per heavy atom. The van der Waals surface area contributed by atoms with E-state index in [-0.39, 0.29) is 11.9 Å². The molecule has 4 rings (SSSR count). The number of halogens is 3. The van der Waals surface area contributed by atoms with Gasteiger partial charge in [0.1, 0.15) is 11.4 Å². The highest BCUT2D eigenvalue weighted by Gasteiger charge is 2.48. The number of carbonyl (C=O) groups is 1. The third-order valence-corrected chi connectivity index (χ3v) is 5.27. The molecule has 3 heterocycles. The van der Waals surface area contributed by atoms with E-state index in [2.05, 4.69) is 20.6 Å². The monoisotopic (exact) mass is 376 g/mol. The molecular weight excluding hydrogens is 357 g/mol. The lowest BCUT2D eigenvalue weighted by atomic mass is 9.96. The Labute approximate surface area is 154 Å². The Morgan fingerprint density at radius 3 is 2.52 bits per heavy atom. The number of hydrogen-bond donors (Lipinski definition) is 2. The molecule has 2 saturated heterocycles. The highest BCUT2D eigenvalue weighted by molar-refractivity contribution is 5.88. The van der Waals surface area contributed by atoms with Crippen LogP contribution < -0.4 is 10.6 Å². The second-order valence-corrected chi connectivity index (χ2v) is 7.15. The first kappa shape index (κ1) is 17.9. The normalized spacial score (nSPS) is 25.2. The molecule has 0 radical (unpaired) electrons. The number of carbonyl (C=O) groups excluding carboxylic acids is 1. The van der Waals surface area contributed by atoms with Crippen LogP contribution in [0.4, 0.5) is 13.2 Å². The van der Waals surface area contributed by atoms with Crippen molar-refractivity contribution in [1.82, 2.24) is 20.6 Å². The van der Waals surface area contributed by atoms with Crippen LogP contribution in [0.15, 0.2) is 30.3 Å². The fourth-order valence-electron chi connectivity index (χ4n) is 3.84. The number of nitrogens with zero attached hydrogens (tertiary/aromatic N) is 2. The predicted molar refractivity (Wildman–Crippen MR) is 92.7 cm³/mol. The highest BCUT2D eigenvalue weighted by atomic mass is 19.4. The van der Waals surface area contributed by atoms with E-state index < -0.39 is 17.3 Å². The number of hydrogen-bond acceptors (Lipinski definition) is 4. The van der Waals surface area contributed by atoms with Gasteiger partial charge in [0.2, 0.25) is 5.91 Å². The summed E-state index contributed by atoms with van der Waals surface area (Å²) in [7, 11) is 0. The molecule has 2 N–H and O–H groups in total. The summed E-state index contributed by atoms with van der Waals surface area (Å²) >= 11 is 0. The number of amides is 1. The molecule has 0 aliphatic carbocycles. The first-order chi connectivity index (χ1) is 12.8. The van der Waals surface area contributed by atoms with E-state index in [1.165, 1.54) is 12.1 Å². The largest absolute Gasteiger partial charge is 0.416 e. The van der Waals surface area contributed by atoms with E-state index in [1.807, 2.05) is 6.92 Å². The van der Waals surface area contributed by atoms with Crippen molar-refractivity contribution >= 4 is 5.91 Å². The summed E-state index contributed by atoms with van der Waals surface area (Å²) in [6, 6.07) is 6.54. The molecule has 1 amide bonds. The first-order valence-electron chi connectivity index (χ1n) is 8.86. The van der Waals surface area contributed by atoms with Gasteiger partial charge in [0.25, 0.3) is 0 Å². The summed E-state index contributed by atoms with van der Waals surface area (Å²) in [5.41, 5.74) is 0.662. The van der Waals surface area contributed by atoms with Crippen molar-refractivity contribution < 1.29 is 18.0 Å². The third kappa shape index (κ3) is 3.29. The molecule has 8 heteroatoms. The summed E-state index contributed by atoms with van der Waals surface area (Å²) in [5, 5.41) is 6.24. The van der Waals surface area contributed by atoms with Crippen LogP contribution in [0.1, 0.15) is 42.4 Å². The molecule has 27 heavy (non-hydrogen) atoms. The Balaban J connectivity index is 1.62. The zero-order chi connectivity index (χ0) is 19.2. The zero-order valence-corrected chi connectivity index (χ0v) is 14.7. The highest BCUT2D eigenvalue weighted by Crippen LogP contribution is 2.36. The van der Waals surface area contributed by atoms with Gasteiger partial charge in [-0.2, -0.15) is 13.2 Å². The Morgan fingerprint density at radius 1 is 1.15 bits per heavy atom. The molecule has 0 saturated carbocycles. The number of rotatable bonds is 2. The molecule has 0 bridgehead atoms. The minimum Gasteiger partial charge on any atom is -0.354 e. The van der Waals surface area contributed by atoms with Gasteiger partial charge in [-0.25, -0.2) is 9.97 Å². The second kappa shape index (κ2) is 6.30. The minimum absolute atomic E-state index is 0.0145. The van der Waals surface area contributed by atoms with Crippen LogP contribution in [0, 0.1) is 6.92 Å². The molecule has 1 aromatic carbocycles. The quantitative estimate of drug-likeness (QED) is 0.845. The van der Waals surface area contributed by atoms with Crippen molar-refractivity contribution in [3.63, 3.8) is 0 Å². The van der Waals surface area contributed by atoms with Crippen molar-refractivity contribution in [1.29, 1.82) is 0 Å². The van der Waals surface area contributed by atoms with Crippen LogP contribution in [-0.2, 0) is 11.0 Å². The average Bonchev–Trinajstić information content (AvgIpc) is 3.21. The number of nitrogens with one attached hydrogen (secondary N) is 2. The topological polar surface area (TPSA) is 66.9 Å². The fourth-order valence-corrected chi connectivity index (χ4v) is 3.84. The van der Waals surface area contributed by atoms with E-state index >= 15 is 0 Å². The number of benzene rings is 1. The fraction of sp³-hybridized carbons (Fsp3) is 0.421. The van der Waals surface area contributed by atoms with Crippen LogP contribution >= 0.6 is 0 Å². The van der Waals surface area contributed by atoms with E-state index in [9.17, 15) is 18.0 Å². The van der Waals surface area contributed by atoms with Gasteiger partial charge >= 0.3 is 6.18 Å². The van der Waals surface area contributed by atoms with E-state index in [4.69, 9.17) is 0 Å². The van der Waals surface area contributed by atoms with Crippen molar-refractivity contribution in [2.45, 2.75) is 43.9 Å². The van der Waals surface area contributed by atoms with Gasteiger partial charge in [-0.3, -0.25) is 10.1 Å². The Hall–Kier alpha value is -2.48. The molecule has 2 aliphatic rings.